The average molecular weight is 388 g/mol. The largest absolute Gasteiger partial charge is 0.329 e. The summed E-state index contributed by atoms with van der Waals surface area (Å²) >= 11 is 0. The maximum absolute atomic E-state index is 13.2. The normalized spacial score (nSPS) is 20.2. The lowest BCUT2D eigenvalue weighted by Gasteiger charge is -2.39. The van der Waals surface area contributed by atoms with E-state index in [9.17, 15) is 14.9 Å². The van der Waals surface area contributed by atoms with Crippen molar-refractivity contribution in [1.82, 2.24) is 9.55 Å². The molecule has 146 valence electrons. The molecule has 0 spiro atoms. The molecule has 3 aromatic rings. The molecule has 1 N–H and O–H groups in total. The minimum atomic E-state index is -0.447. The summed E-state index contributed by atoms with van der Waals surface area (Å²) in [5.41, 5.74) is 3.83. The Hall–Kier alpha value is -3.48. The van der Waals surface area contributed by atoms with Crippen LogP contribution in [0.1, 0.15) is 38.3 Å². The number of hydrogen-bond acceptors (Lipinski definition) is 5. The minimum absolute atomic E-state index is 0.0118. The Kier molecular flexibility index (Phi) is 3.65. The van der Waals surface area contributed by atoms with Crippen molar-refractivity contribution in [3.63, 3.8) is 0 Å². The molecule has 0 unspecified atom stereocenters. The van der Waals surface area contributed by atoms with E-state index < -0.39 is 11.0 Å². The number of fused-ring (bicyclic) bond motifs is 3. The lowest BCUT2D eigenvalue weighted by atomic mass is 9.73. The molecule has 7 nitrogen and oxygen atoms in total. The number of non-ortho nitro benzene ring substituents is 1. The highest BCUT2D eigenvalue weighted by atomic mass is 16.6. The Balaban J connectivity index is 1.79. The predicted octanol–water partition coefficient (Wildman–Crippen LogP) is 4.60. The van der Waals surface area contributed by atoms with Crippen LogP contribution in [0.25, 0.3) is 11.0 Å². The van der Waals surface area contributed by atoms with Crippen LogP contribution >= 0.6 is 0 Å². The summed E-state index contributed by atoms with van der Waals surface area (Å²) in [6.07, 6.45) is 1.17. The molecule has 1 aliphatic heterocycles. The molecule has 0 saturated carbocycles. The first-order chi connectivity index (χ1) is 13.8. The van der Waals surface area contributed by atoms with Gasteiger partial charge in [-0.3, -0.25) is 19.5 Å². The number of carbonyl (C=O) groups is 1. The first-order valence-electron chi connectivity index (χ1n) is 9.59. The molecule has 29 heavy (non-hydrogen) atoms. The second kappa shape index (κ2) is 6.01. The van der Waals surface area contributed by atoms with E-state index >= 15 is 0 Å². The van der Waals surface area contributed by atoms with Gasteiger partial charge in [-0.05, 0) is 29.5 Å². The number of rotatable bonds is 2. The van der Waals surface area contributed by atoms with E-state index in [1.807, 2.05) is 34.9 Å². The highest BCUT2D eigenvalue weighted by molar-refractivity contribution is 6.01. The molecule has 1 aliphatic carbocycles. The van der Waals surface area contributed by atoms with Crippen molar-refractivity contribution in [2.45, 2.75) is 32.7 Å². The molecule has 1 aromatic heterocycles. The van der Waals surface area contributed by atoms with E-state index in [1.165, 1.54) is 6.07 Å². The number of imidazole rings is 1. The first-order valence-corrected chi connectivity index (χ1v) is 9.59. The van der Waals surface area contributed by atoms with Gasteiger partial charge < -0.3 is 5.32 Å². The lowest BCUT2D eigenvalue weighted by molar-refractivity contribution is -0.384. The number of nitrogens with zero attached hydrogens (tertiary/aromatic N) is 3. The zero-order valence-electron chi connectivity index (χ0n) is 16.2. The molecule has 2 aliphatic rings. The smallest absolute Gasteiger partial charge is 0.269 e. The van der Waals surface area contributed by atoms with Crippen LogP contribution in [-0.2, 0) is 4.79 Å². The van der Waals surface area contributed by atoms with Gasteiger partial charge in [0.25, 0.3) is 5.69 Å². The van der Waals surface area contributed by atoms with Gasteiger partial charge in [0.15, 0.2) is 5.78 Å². The van der Waals surface area contributed by atoms with E-state index in [0.29, 0.717) is 23.5 Å². The maximum Gasteiger partial charge on any atom is 0.269 e. The van der Waals surface area contributed by atoms with E-state index in [1.54, 1.807) is 12.1 Å². The number of hydrogen-bond donors (Lipinski definition) is 1. The molecule has 0 radical (unpaired) electrons. The second-order valence-electron chi connectivity index (χ2n) is 8.51. The molecule has 0 fully saturated rings. The van der Waals surface area contributed by atoms with E-state index in [-0.39, 0.29) is 16.9 Å². The Bertz CT molecular complexity index is 1220. The Labute approximate surface area is 167 Å². The van der Waals surface area contributed by atoms with Crippen molar-refractivity contribution in [1.29, 1.82) is 0 Å². The fourth-order valence-electron chi connectivity index (χ4n) is 4.55. The van der Waals surface area contributed by atoms with Crippen LogP contribution < -0.4 is 5.32 Å². The third-order valence-electron chi connectivity index (χ3n) is 5.71. The summed E-state index contributed by atoms with van der Waals surface area (Å²) in [5.74, 6) is 0.732. The predicted molar refractivity (Wildman–Crippen MR) is 110 cm³/mol. The van der Waals surface area contributed by atoms with Gasteiger partial charge in [0, 0.05) is 29.8 Å². The molecular formula is C22H20N4O3. The number of carbonyl (C=O) groups excluding carboxylic acids is 1. The van der Waals surface area contributed by atoms with Gasteiger partial charge >= 0.3 is 0 Å². The molecule has 0 bridgehead atoms. The van der Waals surface area contributed by atoms with Crippen molar-refractivity contribution < 1.29 is 9.72 Å². The summed E-state index contributed by atoms with van der Waals surface area (Å²) < 4.78 is 1.99. The third-order valence-corrected chi connectivity index (χ3v) is 5.71. The first kappa shape index (κ1) is 17.6. The molecule has 1 atom stereocenters. The number of nitrogens with one attached hydrogen (secondary N) is 1. The number of allylic oxidation sites excluding steroid dienone is 2. The fraction of sp³-hybridized carbons (Fsp3) is 0.273. The van der Waals surface area contributed by atoms with Crippen molar-refractivity contribution in [2.24, 2.45) is 5.41 Å². The summed E-state index contributed by atoms with van der Waals surface area (Å²) in [5, 5.41) is 14.8. The number of ketones is 1. The van der Waals surface area contributed by atoms with Gasteiger partial charge in [0.05, 0.1) is 22.0 Å². The zero-order chi connectivity index (χ0) is 20.3. The Morgan fingerprint density at radius 3 is 2.76 bits per heavy atom. The number of Topliss-reactive ketones (excluding diaryl/α,β-unsaturated/α-hetero) is 1. The average Bonchev–Trinajstić information content (AvgIpc) is 3.03. The molecule has 2 aromatic carbocycles. The zero-order valence-corrected chi connectivity index (χ0v) is 16.2. The highest BCUT2D eigenvalue weighted by Crippen LogP contribution is 2.47. The number of nitro benzene ring substituents is 1. The van der Waals surface area contributed by atoms with Gasteiger partial charge in [-0.1, -0.05) is 38.1 Å². The number of aromatic nitrogens is 2. The van der Waals surface area contributed by atoms with Crippen LogP contribution in [0.2, 0.25) is 0 Å². The Morgan fingerprint density at radius 1 is 1.17 bits per heavy atom. The van der Waals surface area contributed by atoms with Gasteiger partial charge in [-0.15, -0.1) is 0 Å². The number of anilines is 1. The summed E-state index contributed by atoms with van der Waals surface area (Å²) in [6, 6.07) is 13.8. The third kappa shape index (κ3) is 2.73. The van der Waals surface area contributed by atoms with Crippen LogP contribution in [0.15, 0.2) is 59.8 Å². The lowest BCUT2D eigenvalue weighted by Crippen LogP contribution is -2.36. The number of benzene rings is 2. The van der Waals surface area contributed by atoms with E-state index in [0.717, 1.165) is 23.2 Å². The molecule has 5 rings (SSSR count). The standard InChI is InChI=1S/C22H20N4O3/c1-22(2)11-16-19(18(27)12-22)20(13-6-5-7-14(10-13)26(28)29)25-17-9-4-3-8-15(17)23-21(25)24-16/h3-10,20H,11-12H2,1-2H3,(H,23,24)/t20-/m1/s1. The summed E-state index contributed by atoms with van der Waals surface area (Å²) in [7, 11) is 0. The van der Waals surface area contributed by atoms with Gasteiger partial charge in [-0.25, -0.2) is 4.98 Å². The quantitative estimate of drug-likeness (QED) is 0.512. The second-order valence-corrected chi connectivity index (χ2v) is 8.51. The van der Waals surface area contributed by atoms with Crippen molar-refractivity contribution in [3.8, 4) is 0 Å². The summed E-state index contributed by atoms with van der Waals surface area (Å²) in [4.78, 5) is 28.9. The van der Waals surface area contributed by atoms with Crippen molar-refractivity contribution in [2.75, 3.05) is 5.32 Å². The SMILES string of the molecule is CC1(C)CC(=O)C2=C(C1)Nc1nc3ccccc3n1[C@@H]2c1cccc([N+](=O)[O-])c1. The highest BCUT2D eigenvalue weighted by Gasteiger charge is 2.41. The summed E-state index contributed by atoms with van der Waals surface area (Å²) in [6.45, 7) is 4.16. The number of para-hydroxylation sites is 2. The van der Waals surface area contributed by atoms with Crippen molar-refractivity contribution >= 4 is 28.5 Å². The van der Waals surface area contributed by atoms with Crippen LogP contribution in [0.4, 0.5) is 11.6 Å². The maximum atomic E-state index is 13.2. The van der Waals surface area contributed by atoms with E-state index in [2.05, 4.69) is 19.2 Å². The van der Waals surface area contributed by atoms with Gasteiger partial charge in [0.2, 0.25) is 5.95 Å². The molecule has 7 heteroatoms. The van der Waals surface area contributed by atoms with Gasteiger partial charge in [-0.2, -0.15) is 0 Å². The molecule has 2 heterocycles. The number of nitro groups is 1. The molecular weight excluding hydrogens is 368 g/mol. The van der Waals surface area contributed by atoms with Gasteiger partial charge in [0.1, 0.15) is 0 Å². The van der Waals surface area contributed by atoms with Crippen LogP contribution in [0, 0.1) is 15.5 Å². The van der Waals surface area contributed by atoms with Crippen LogP contribution in [0.5, 0.6) is 0 Å². The topological polar surface area (TPSA) is 90.1 Å². The van der Waals surface area contributed by atoms with E-state index in [4.69, 9.17) is 4.98 Å². The Morgan fingerprint density at radius 2 is 1.97 bits per heavy atom. The minimum Gasteiger partial charge on any atom is -0.329 e. The van der Waals surface area contributed by atoms with Crippen molar-refractivity contribution in [3.05, 3.63) is 75.5 Å². The molecule has 0 saturated heterocycles. The molecule has 0 amide bonds. The monoisotopic (exact) mass is 388 g/mol. The fourth-order valence-corrected chi connectivity index (χ4v) is 4.55. The van der Waals surface area contributed by atoms with Crippen LogP contribution in [-0.4, -0.2) is 20.3 Å². The van der Waals surface area contributed by atoms with Crippen LogP contribution in [0.3, 0.4) is 0 Å².